The molecule has 1 aliphatic heterocycles. The number of amides is 1. The van der Waals surface area contributed by atoms with Crippen LogP contribution in [0.1, 0.15) is 30.7 Å². The average molecular weight is 492 g/mol. The van der Waals surface area contributed by atoms with Crippen LogP contribution in [0.3, 0.4) is 0 Å². The summed E-state index contributed by atoms with van der Waals surface area (Å²) in [6.45, 7) is 2.11. The van der Waals surface area contributed by atoms with E-state index in [9.17, 15) is 4.79 Å². The largest absolute Gasteiger partial charge is 0.369 e. The topological polar surface area (TPSA) is 82.8 Å². The molecule has 0 aromatic heterocycles. The molecule has 2 fully saturated rings. The molecule has 3 rings (SSSR count). The fraction of sp³-hybridized carbons (Fsp3) is 0.556. The summed E-state index contributed by atoms with van der Waals surface area (Å²) in [6, 6.07) is 8.85. The van der Waals surface area contributed by atoms with Crippen LogP contribution in [0.4, 0.5) is 0 Å². The number of hydrogen-bond donors (Lipinski definition) is 3. The first-order valence-electron chi connectivity index (χ1n) is 8.81. The van der Waals surface area contributed by atoms with Gasteiger partial charge in [-0.15, -0.1) is 24.0 Å². The lowest BCUT2D eigenvalue weighted by Gasteiger charge is -2.32. The number of nitrogens with two attached hydrogens (primary N) is 1. The molecule has 1 heterocycles. The molecule has 2 aliphatic rings. The van der Waals surface area contributed by atoms with E-state index in [0.29, 0.717) is 24.5 Å². The van der Waals surface area contributed by atoms with Gasteiger partial charge in [-0.1, -0.05) is 23.7 Å². The maximum atomic E-state index is 11.0. The third-order valence-corrected chi connectivity index (χ3v) is 5.16. The minimum atomic E-state index is -0.260. The van der Waals surface area contributed by atoms with Gasteiger partial charge in [0.25, 0.3) is 0 Å². The van der Waals surface area contributed by atoms with Gasteiger partial charge in [-0.2, -0.15) is 0 Å². The first-order chi connectivity index (χ1) is 12.0. The quantitative estimate of drug-likeness (QED) is 0.334. The number of likely N-dealkylation sites (tertiary alicyclic amines) is 1. The van der Waals surface area contributed by atoms with Gasteiger partial charge in [0.15, 0.2) is 5.96 Å². The molecule has 6 nitrogen and oxygen atoms in total. The number of benzene rings is 1. The van der Waals surface area contributed by atoms with E-state index in [1.807, 2.05) is 18.2 Å². The minimum absolute atomic E-state index is 0. The molecule has 1 aromatic rings. The molecule has 4 N–H and O–H groups in total. The molecule has 8 heteroatoms. The Kier molecular flexibility index (Phi) is 7.97. The second kappa shape index (κ2) is 9.75. The number of carbonyl (C=O) groups excluding carboxylic acids is 1. The molecule has 1 aromatic carbocycles. The SMILES string of the molecule is CN=C(NC1CCN(CC(N)=O)CC1)NC1CC1c1cccc(Cl)c1.I. The van der Waals surface area contributed by atoms with E-state index in [-0.39, 0.29) is 29.9 Å². The van der Waals surface area contributed by atoms with Gasteiger partial charge in [0.1, 0.15) is 0 Å². The van der Waals surface area contributed by atoms with Crippen molar-refractivity contribution in [3.05, 3.63) is 34.9 Å². The van der Waals surface area contributed by atoms with Crippen molar-refractivity contribution in [2.24, 2.45) is 10.7 Å². The van der Waals surface area contributed by atoms with Crippen molar-refractivity contribution in [3.63, 3.8) is 0 Å². The third kappa shape index (κ3) is 5.99. The predicted molar refractivity (Wildman–Crippen MR) is 116 cm³/mol. The Morgan fingerprint density at radius 2 is 2.08 bits per heavy atom. The summed E-state index contributed by atoms with van der Waals surface area (Å²) in [5.74, 6) is 1.09. The Morgan fingerprint density at radius 3 is 2.69 bits per heavy atom. The maximum absolute atomic E-state index is 11.0. The molecule has 2 unspecified atom stereocenters. The van der Waals surface area contributed by atoms with Crippen LogP contribution < -0.4 is 16.4 Å². The molecule has 1 aliphatic carbocycles. The summed E-state index contributed by atoms with van der Waals surface area (Å²) in [5, 5.41) is 7.80. The van der Waals surface area contributed by atoms with Crippen LogP contribution in [-0.2, 0) is 4.79 Å². The maximum Gasteiger partial charge on any atom is 0.231 e. The Bertz CT molecular complexity index is 648. The van der Waals surface area contributed by atoms with Crippen molar-refractivity contribution in [3.8, 4) is 0 Å². The second-order valence-corrected chi connectivity index (χ2v) is 7.32. The summed E-state index contributed by atoms with van der Waals surface area (Å²) in [5.41, 5.74) is 6.54. The number of hydrogen-bond acceptors (Lipinski definition) is 3. The van der Waals surface area contributed by atoms with Crippen molar-refractivity contribution in [1.29, 1.82) is 0 Å². The number of nitrogens with zero attached hydrogens (tertiary/aromatic N) is 2. The number of primary amides is 1. The zero-order valence-corrected chi connectivity index (χ0v) is 18.0. The van der Waals surface area contributed by atoms with Crippen LogP contribution in [-0.4, -0.2) is 55.5 Å². The molecule has 26 heavy (non-hydrogen) atoms. The van der Waals surface area contributed by atoms with Crippen LogP contribution in [0.25, 0.3) is 0 Å². The van der Waals surface area contributed by atoms with Gasteiger partial charge in [-0.05, 0) is 37.0 Å². The molecule has 0 bridgehead atoms. The summed E-state index contributed by atoms with van der Waals surface area (Å²) >= 11 is 6.08. The van der Waals surface area contributed by atoms with E-state index >= 15 is 0 Å². The summed E-state index contributed by atoms with van der Waals surface area (Å²) in [6.07, 6.45) is 3.06. The van der Waals surface area contributed by atoms with Gasteiger partial charge in [0, 0.05) is 43.2 Å². The van der Waals surface area contributed by atoms with Gasteiger partial charge >= 0.3 is 0 Å². The number of carbonyl (C=O) groups is 1. The highest BCUT2D eigenvalue weighted by Crippen LogP contribution is 2.41. The fourth-order valence-electron chi connectivity index (χ4n) is 3.46. The van der Waals surface area contributed by atoms with Crippen molar-refractivity contribution < 1.29 is 4.79 Å². The smallest absolute Gasteiger partial charge is 0.231 e. The van der Waals surface area contributed by atoms with E-state index in [1.54, 1.807) is 7.05 Å². The zero-order valence-electron chi connectivity index (χ0n) is 15.0. The fourth-order valence-corrected chi connectivity index (χ4v) is 3.65. The molecular formula is C18H27ClIN5O. The number of piperidine rings is 1. The van der Waals surface area contributed by atoms with Gasteiger partial charge in [0.05, 0.1) is 6.54 Å². The standard InChI is InChI=1S/C18H26ClN5O.HI/c1-21-18(22-14-5-7-24(8-6-14)11-17(20)25)23-16-10-15(16)12-3-2-4-13(19)9-12;/h2-4,9,14-16H,5-8,10-11H2,1H3,(H2,20,25)(H2,21,22,23);1H. The third-order valence-electron chi connectivity index (χ3n) is 4.92. The van der Waals surface area contributed by atoms with E-state index in [0.717, 1.165) is 43.3 Å². The molecule has 1 amide bonds. The van der Waals surface area contributed by atoms with E-state index in [2.05, 4.69) is 26.6 Å². The molecule has 0 radical (unpaired) electrons. The first-order valence-corrected chi connectivity index (χ1v) is 9.19. The van der Waals surface area contributed by atoms with Crippen LogP contribution in [0.15, 0.2) is 29.3 Å². The van der Waals surface area contributed by atoms with E-state index in [4.69, 9.17) is 17.3 Å². The van der Waals surface area contributed by atoms with Crippen molar-refractivity contribution in [2.75, 3.05) is 26.7 Å². The van der Waals surface area contributed by atoms with E-state index in [1.165, 1.54) is 5.56 Å². The number of rotatable bonds is 5. The Balaban J connectivity index is 0.00000243. The minimum Gasteiger partial charge on any atom is -0.369 e. The molecule has 2 atom stereocenters. The Hall–Kier alpha value is -1.06. The Morgan fingerprint density at radius 1 is 1.35 bits per heavy atom. The Labute approximate surface area is 177 Å². The van der Waals surface area contributed by atoms with Gasteiger partial charge < -0.3 is 16.4 Å². The lowest BCUT2D eigenvalue weighted by molar-refractivity contribution is -0.119. The highest BCUT2D eigenvalue weighted by Gasteiger charge is 2.39. The lowest BCUT2D eigenvalue weighted by Crippen LogP contribution is -2.50. The highest BCUT2D eigenvalue weighted by molar-refractivity contribution is 14.0. The normalized spacial score (nSPS) is 23.8. The highest BCUT2D eigenvalue weighted by atomic mass is 127. The monoisotopic (exact) mass is 491 g/mol. The van der Waals surface area contributed by atoms with Crippen LogP contribution in [0, 0.1) is 0 Å². The van der Waals surface area contributed by atoms with Gasteiger partial charge in [-0.25, -0.2) is 0 Å². The molecule has 1 saturated heterocycles. The van der Waals surface area contributed by atoms with Crippen LogP contribution in [0.2, 0.25) is 5.02 Å². The van der Waals surface area contributed by atoms with Crippen LogP contribution in [0.5, 0.6) is 0 Å². The number of aliphatic imine (C=N–C) groups is 1. The number of halogens is 2. The molecule has 1 saturated carbocycles. The summed E-state index contributed by atoms with van der Waals surface area (Å²) in [7, 11) is 1.80. The summed E-state index contributed by atoms with van der Waals surface area (Å²) < 4.78 is 0. The van der Waals surface area contributed by atoms with Crippen LogP contribution >= 0.6 is 35.6 Å². The van der Waals surface area contributed by atoms with Crippen molar-refractivity contribution in [2.45, 2.75) is 37.3 Å². The van der Waals surface area contributed by atoms with Crippen molar-refractivity contribution >= 4 is 47.4 Å². The molecular weight excluding hydrogens is 465 g/mol. The lowest BCUT2D eigenvalue weighted by atomic mass is 10.1. The van der Waals surface area contributed by atoms with E-state index < -0.39 is 0 Å². The average Bonchev–Trinajstić information content (AvgIpc) is 3.35. The number of nitrogens with one attached hydrogen (secondary N) is 2. The van der Waals surface area contributed by atoms with Crippen molar-refractivity contribution in [1.82, 2.24) is 15.5 Å². The predicted octanol–water partition coefficient (Wildman–Crippen LogP) is 1.93. The van der Waals surface area contributed by atoms with Gasteiger partial charge in [-0.3, -0.25) is 14.7 Å². The van der Waals surface area contributed by atoms with Gasteiger partial charge in [0.2, 0.25) is 5.91 Å². The zero-order chi connectivity index (χ0) is 17.8. The summed E-state index contributed by atoms with van der Waals surface area (Å²) in [4.78, 5) is 17.5. The first kappa shape index (κ1) is 21.2. The second-order valence-electron chi connectivity index (χ2n) is 6.88. The molecule has 0 spiro atoms. The number of guanidine groups is 1. The molecule has 144 valence electrons.